The fourth-order valence-corrected chi connectivity index (χ4v) is 4.34. The van der Waals surface area contributed by atoms with Crippen molar-refractivity contribution in [3.05, 3.63) is 81.9 Å². The molecule has 0 radical (unpaired) electrons. The zero-order valence-corrected chi connectivity index (χ0v) is 19.6. The van der Waals surface area contributed by atoms with Crippen molar-refractivity contribution in [1.29, 1.82) is 0 Å². The minimum Gasteiger partial charge on any atom is -0.366 e. The first-order valence-corrected chi connectivity index (χ1v) is 11.7. The first-order valence-electron chi connectivity index (χ1n) is 11.7. The van der Waals surface area contributed by atoms with E-state index in [0.29, 0.717) is 28.3 Å². The van der Waals surface area contributed by atoms with E-state index in [1.165, 1.54) is 11.6 Å². The van der Waals surface area contributed by atoms with Gasteiger partial charge < -0.3 is 10.2 Å². The van der Waals surface area contributed by atoms with Gasteiger partial charge in [0.15, 0.2) is 0 Å². The number of hydrogen-bond donors (Lipinski definition) is 1. The zero-order chi connectivity index (χ0) is 24.5. The van der Waals surface area contributed by atoms with Crippen molar-refractivity contribution in [2.24, 2.45) is 0 Å². The molecule has 5 rings (SSSR count). The topological polar surface area (TPSA) is 106 Å². The summed E-state index contributed by atoms with van der Waals surface area (Å²) in [4.78, 5) is 27.7. The lowest BCUT2D eigenvalue weighted by Crippen LogP contribution is -2.19. The van der Waals surface area contributed by atoms with Crippen molar-refractivity contribution in [1.82, 2.24) is 15.0 Å². The number of amides is 1. The van der Waals surface area contributed by atoms with E-state index in [2.05, 4.69) is 41.5 Å². The summed E-state index contributed by atoms with van der Waals surface area (Å²) in [6.45, 7) is 5.86. The van der Waals surface area contributed by atoms with E-state index in [-0.39, 0.29) is 11.3 Å². The molecule has 0 saturated carbocycles. The number of nitrogens with zero attached hydrogens (tertiary/aromatic N) is 5. The number of benzene rings is 3. The van der Waals surface area contributed by atoms with E-state index in [4.69, 9.17) is 0 Å². The summed E-state index contributed by atoms with van der Waals surface area (Å²) >= 11 is 0. The number of hydrogen-bond acceptors (Lipinski definition) is 6. The number of aromatic nitrogens is 3. The molecule has 3 aromatic carbocycles. The second-order valence-corrected chi connectivity index (χ2v) is 9.05. The largest absolute Gasteiger partial charge is 0.366 e. The number of nitro benzene ring substituents is 1. The van der Waals surface area contributed by atoms with Gasteiger partial charge in [0.25, 0.3) is 11.6 Å². The van der Waals surface area contributed by atoms with Gasteiger partial charge in [-0.05, 0) is 66.8 Å². The third-order valence-electron chi connectivity index (χ3n) is 6.31. The van der Waals surface area contributed by atoms with Crippen LogP contribution in [0.4, 0.5) is 17.1 Å². The van der Waals surface area contributed by atoms with Gasteiger partial charge in [-0.15, -0.1) is 10.2 Å². The number of fused-ring (bicyclic) bond motifs is 1. The fraction of sp³-hybridized carbons (Fsp3) is 0.269. The van der Waals surface area contributed by atoms with Crippen LogP contribution in [0, 0.1) is 10.1 Å². The Morgan fingerprint density at radius 3 is 2.37 bits per heavy atom. The van der Waals surface area contributed by atoms with E-state index < -0.39 is 10.8 Å². The third-order valence-corrected chi connectivity index (χ3v) is 6.31. The van der Waals surface area contributed by atoms with Crippen LogP contribution < -0.4 is 10.2 Å². The average molecular weight is 471 g/mol. The number of carbonyl (C=O) groups is 1. The Morgan fingerprint density at radius 1 is 0.971 bits per heavy atom. The lowest BCUT2D eigenvalue weighted by atomic mass is 10.0. The molecule has 9 heteroatoms. The van der Waals surface area contributed by atoms with Crippen molar-refractivity contribution in [2.75, 3.05) is 23.3 Å². The first-order chi connectivity index (χ1) is 16.9. The molecular formula is C26H26N6O3. The molecule has 0 atom stereocenters. The van der Waals surface area contributed by atoms with E-state index >= 15 is 0 Å². The van der Waals surface area contributed by atoms with Gasteiger partial charge in [-0.2, -0.15) is 4.80 Å². The van der Waals surface area contributed by atoms with Gasteiger partial charge in [-0.3, -0.25) is 14.9 Å². The van der Waals surface area contributed by atoms with Gasteiger partial charge in [-0.25, -0.2) is 0 Å². The summed E-state index contributed by atoms with van der Waals surface area (Å²) in [7, 11) is 0. The molecule has 178 valence electrons. The number of nitro groups is 1. The molecule has 2 heterocycles. The standard InChI is InChI=1S/C26H26N6O3/c1-17(2)18-5-9-21(10-6-18)31-28-22-11-8-20(16-23(22)29-31)27-26(33)19-7-12-24(25(15-19)32(34)35)30-13-3-4-14-30/h5-12,15-17H,3-4,13-14H2,1-2H3,(H,27,33). The number of rotatable bonds is 6. The van der Waals surface area contributed by atoms with Crippen molar-refractivity contribution in [3.8, 4) is 5.69 Å². The van der Waals surface area contributed by atoms with Crippen molar-refractivity contribution >= 4 is 34.0 Å². The SMILES string of the molecule is CC(C)c1ccc(-n2nc3ccc(NC(=O)c4ccc(N5CCCC5)c([N+](=O)[O-])c4)cc3n2)cc1. The highest BCUT2D eigenvalue weighted by Gasteiger charge is 2.24. The summed E-state index contributed by atoms with van der Waals surface area (Å²) < 4.78 is 0. The molecule has 4 aromatic rings. The number of nitrogens with one attached hydrogen (secondary N) is 1. The maximum Gasteiger partial charge on any atom is 0.293 e. The van der Waals surface area contributed by atoms with Crippen LogP contribution >= 0.6 is 0 Å². The Bertz CT molecular complexity index is 1400. The van der Waals surface area contributed by atoms with Gasteiger partial charge in [-0.1, -0.05) is 26.0 Å². The summed E-state index contributed by atoms with van der Waals surface area (Å²) in [5, 5.41) is 23.6. The normalized spacial score (nSPS) is 13.5. The molecule has 1 aromatic heterocycles. The van der Waals surface area contributed by atoms with Crippen molar-refractivity contribution < 1.29 is 9.72 Å². The molecule has 1 aliphatic heterocycles. The molecule has 1 amide bonds. The smallest absolute Gasteiger partial charge is 0.293 e. The van der Waals surface area contributed by atoms with Gasteiger partial charge in [0, 0.05) is 30.4 Å². The fourth-order valence-electron chi connectivity index (χ4n) is 4.34. The van der Waals surface area contributed by atoms with Gasteiger partial charge in [0.2, 0.25) is 0 Å². The van der Waals surface area contributed by atoms with Gasteiger partial charge >= 0.3 is 0 Å². The zero-order valence-electron chi connectivity index (χ0n) is 19.6. The molecule has 1 N–H and O–H groups in total. The first kappa shape index (κ1) is 22.5. The molecule has 1 fully saturated rings. The van der Waals surface area contributed by atoms with Gasteiger partial charge in [0.05, 0.1) is 10.6 Å². The van der Waals surface area contributed by atoms with Crippen molar-refractivity contribution in [2.45, 2.75) is 32.6 Å². The Hall–Kier alpha value is -4.27. The minimum absolute atomic E-state index is 0.0542. The van der Waals surface area contributed by atoms with Crippen LogP contribution in [-0.2, 0) is 0 Å². The van der Waals surface area contributed by atoms with E-state index in [1.807, 2.05) is 17.0 Å². The van der Waals surface area contributed by atoms with Crippen molar-refractivity contribution in [3.63, 3.8) is 0 Å². The Kier molecular flexibility index (Phi) is 5.90. The second-order valence-electron chi connectivity index (χ2n) is 9.05. The molecule has 35 heavy (non-hydrogen) atoms. The molecule has 0 spiro atoms. The van der Waals surface area contributed by atoms with Crippen LogP contribution in [0.3, 0.4) is 0 Å². The molecule has 1 saturated heterocycles. The Morgan fingerprint density at radius 2 is 1.69 bits per heavy atom. The molecule has 0 bridgehead atoms. The van der Waals surface area contributed by atoms with E-state index in [1.54, 1.807) is 35.1 Å². The quantitative estimate of drug-likeness (QED) is 0.303. The molecule has 1 aliphatic rings. The summed E-state index contributed by atoms with van der Waals surface area (Å²) in [5.41, 5.74) is 4.69. The highest BCUT2D eigenvalue weighted by atomic mass is 16.6. The molecular weight excluding hydrogens is 444 g/mol. The number of carbonyl (C=O) groups excluding carboxylic acids is 1. The maximum absolute atomic E-state index is 12.9. The van der Waals surface area contributed by atoms with Crippen LogP contribution in [0.25, 0.3) is 16.7 Å². The van der Waals surface area contributed by atoms with Crippen LogP contribution in [0.1, 0.15) is 48.5 Å². The summed E-state index contributed by atoms with van der Waals surface area (Å²) in [6, 6.07) is 18.0. The molecule has 0 unspecified atom stereocenters. The predicted octanol–water partition coefficient (Wildman–Crippen LogP) is 5.30. The highest BCUT2D eigenvalue weighted by molar-refractivity contribution is 6.05. The van der Waals surface area contributed by atoms with Crippen LogP contribution in [0.5, 0.6) is 0 Å². The molecule has 9 nitrogen and oxygen atoms in total. The minimum atomic E-state index is -0.428. The Labute approximate surface area is 202 Å². The van der Waals surface area contributed by atoms with E-state index in [0.717, 1.165) is 31.6 Å². The highest BCUT2D eigenvalue weighted by Crippen LogP contribution is 2.32. The number of anilines is 2. The summed E-state index contributed by atoms with van der Waals surface area (Å²) in [5.74, 6) is 0.0230. The van der Waals surface area contributed by atoms with Crippen LogP contribution in [0.2, 0.25) is 0 Å². The lowest BCUT2D eigenvalue weighted by molar-refractivity contribution is -0.384. The van der Waals surface area contributed by atoms with Gasteiger partial charge in [0.1, 0.15) is 16.7 Å². The Balaban J connectivity index is 1.37. The lowest BCUT2D eigenvalue weighted by Gasteiger charge is -2.17. The third kappa shape index (κ3) is 4.57. The summed E-state index contributed by atoms with van der Waals surface area (Å²) in [6.07, 6.45) is 2.02. The van der Waals surface area contributed by atoms with Crippen LogP contribution in [0.15, 0.2) is 60.7 Å². The average Bonchev–Trinajstić information content (AvgIpc) is 3.53. The van der Waals surface area contributed by atoms with Crippen LogP contribution in [-0.4, -0.2) is 38.9 Å². The monoisotopic (exact) mass is 470 g/mol. The van der Waals surface area contributed by atoms with E-state index in [9.17, 15) is 14.9 Å². The maximum atomic E-state index is 12.9. The predicted molar refractivity (Wildman–Crippen MR) is 135 cm³/mol. The second kappa shape index (κ2) is 9.17. The molecule has 0 aliphatic carbocycles.